The molecular formula is C12H23NO2. The lowest BCUT2D eigenvalue weighted by Crippen LogP contribution is -2.34. The van der Waals surface area contributed by atoms with Crippen LogP contribution >= 0.6 is 0 Å². The molecule has 1 fully saturated rings. The van der Waals surface area contributed by atoms with E-state index in [1.165, 1.54) is 32.1 Å². The quantitative estimate of drug-likeness (QED) is 0.563. The van der Waals surface area contributed by atoms with Crippen LogP contribution in [-0.2, 0) is 9.53 Å². The van der Waals surface area contributed by atoms with Crippen LogP contribution < -0.4 is 5.32 Å². The summed E-state index contributed by atoms with van der Waals surface area (Å²) in [5.74, 6) is 0. The SMILES string of the molecule is CCC(NC=O)OC1CCCCCCC1. The first-order chi connectivity index (χ1) is 7.36. The smallest absolute Gasteiger partial charge is 0.209 e. The van der Waals surface area contributed by atoms with E-state index in [1.54, 1.807) is 0 Å². The maximum absolute atomic E-state index is 10.3. The van der Waals surface area contributed by atoms with Gasteiger partial charge in [-0.3, -0.25) is 4.79 Å². The van der Waals surface area contributed by atoms with Crippen molar-refractivity contribution in [3.63, 3.8) is 0 Å². The molecule has 0 radical (unpaired) electrons. The first kappa shape index (κ1) is 12.5. The number of ether oxygens (including phenoxy) is 1. The molecule has 0 saturated heterocycles. The number of hydrogen-bond donors (Lipinski definition) is 1. The van der Waals surface area contributed by atoms with Crippen molar-refractivity contribution in [1.29, 1.82) is 0 Å². The minimum Gasteiger partial charge on any atom is -0.355 e. The van der Waals surface area contributed by atoms with Gasteiger partial charge in [0.15, 0.2) is 0 Å². The second-order valence-corrected chi connectivity index (χ2v) is 4.28. The third-order valence-electron chi connectivity index (χ3n) is 3.03. The minimum absolute atomic E-state index is 0.0908. The molecule has 1 rings (SSSR count). The first-order valence-electron chi connectivity index (χ1n) is 6.22. The van der Waals surface area contributed by atoms with Crippen LogP contribution in [0.2, 0.25) is 0 Å². The van der Waals surface area contributed by atoms with Crippen molar-refractivity contribution in [3.8, 4) is 0 Å². The number of carbonyl (C=O) groups excluding carboxylic acids is 1. The summed E-state index contributed by atoms with van der Waals surface area (Å²) in [4.78, 5) is 10.3. The lowest BCUT2D eigenvalue weighted by atomic mass is 9.98. The summed E-state index contributed by atoms with van der Waals surface area (Å²) in [7, 11) is 0. The van der Waals surface area contributed by atoms with Crippen molar-refractivity contribution in [3.05, 3.63) is 0 Å². The van der Waals surface area contributed by atoms with Gasteiger partial charge < -0.3 is 10.1 Å². The highest BCUT2D eigenvalue weighted by Crippen LogP contribution is 2.20. The summed E-state index contributed by atoms with van der Waals surface area (Å²) in [5.41, 5.74) is 0. The van der Waals surface area contributed by atoms with E-state index in [-0.39, 0.29) is 6.23 Å². The topological polar surface area (TPSA) is 38.3 Å². The Bertz CT molecular complexity index is 165. The predicted molar refractivity (Wildman–Crippen MR) is 60.5 cm³/mol. The van der Waals surface area contributed by atoms with E-state index in [0.29, 0.717) is 6.10 Å². The number of hydrogen-bond acceptors (Lipinski definition) is 2. The summed E-state index contributed by atoms with van der Waals surface area (Å²) >= 11 is 0. The number of nitrogens with one attached hydrogen (secondary N) is 1. The van der Waals surface area contributed by atoms with Gasteiger partial charge in [-0.25, -0.2) is 0 Å². The van der Waals surface area contributed by atoms with Crippen LogP contribution in [0.15, 0.2) is 0 Å². The molecule has 3 nitrogen and oxygen atoms in total. The van der Waals surface area contributed by atoms with Gasteiger partial charge in [0, 0.05) is 0 Å². The van der Waals surface area contributed by atoms with E-state index in [0.717, 1.165) is 25.7 Å². The largest absolute Gasteiger partial charge is 0.355 e. The minimum atomic E-state index is -0.0908. The average molecular weight is 213 g/mol. The summed E-state index contributed by atoms with van der Waals surface area (Å²) in [6, 6.07) is 0. The molecule has 1 saturated carbocycles. The normalized spacial score (nSPS) is 21.4. The molecule has 0 bridgehead atoms. The lowest BCUT2D eigenvalue weighted by molar-refractivity contribution is -0.116. The molecule has 88 valence electrons. The molecule has 0 aromatic carbocycles. The molecule has 15 heavy (non-hydrogen) atoms. The Hall–Kier alpha value is -0.570. The fourth-order valence-corrected chi connectivity index (χ4v) is 2.12. The summed E-state index contributed by atoms with van der Waals surface area (Å²) in [6.45, 7) is 2.03. The standard InChI is InChI=1S/C12H23NO2/c1-2-12(13-10-14)15-11-8-6-4-3-5-7-9-11/h10-12H,2-9H2,1H3,(H,13,14). The third-order valence-corrected chi connectivity index (χ3v) is 3.03. The van der Waals surface area contributed by atoms with Crippen molar-refractivity contribution in [2.45, 2.75) is 70.6 Å². The average Bonchev–Trinajstić information content (AvgIpc) is 2.20. The van der Waals surface area contributed by atoms with Gasteiger partial charge in [-0.05, 0) is 19.3 Å². The van der Waals surface area contributed by atoms with Crippen molar-refractivity contribution in [2.75, 3.05) is 0 Å². The second kappa shape index (κ2) is 7.69. The van der Waals surface area contributed by atoms with Crippen LogP contribution in [-0.4, -0.2) is 18.7 Å². The van der Waals surface area contributed by atoms with Crippen LogP contribution in [0, 0.1) is 0 Å². The molecule has 0 spiro atoms. The number of amides is 1. The molecule has 1 N–H and O–H groups in total. The molecule has 1 aliphatic carbocycles. The molecule has 0 aromatic heterocycles. The van der Waals surface area contributed by atoms with Gasteiger partial charge in [0.05, 0.1) is 6.10 Å². The summed E-state index contributed by atoms with van der Waals surface area (Å²) < 4.78 is 5.87. The van der Waals surface area contributed by atoms with E-state index in [4.69, 9.17) is 4.74 Å². The van der Waals surface area contributed by atoms with Crippen molar-refractivity contribution >= 4 is 6.41 Å². The van der Waals surface area contributed by atoms with Gasteiger partial charge in [0.2, 0.25) is 6.41 Å². The van der Waals surface area contributed by atoms with Gasteiger partial charge in [-0.15, -0.1) is 0 Å². The first-order valence-corrected chi connectivity index (χ1v) is 6.22. The van der Waals surface area contributed by atoms with Gasteiger partial charge in [-0.1, -0.05) is 39.0 Å². The maximum atomic E-state index is 10.3. The van der Waals surface area contributed by atoms with Gasteiger partial charge in [0.25, 0.3) is 0 Å². The second-order valence-electron chi connectivity index (χ2n) is 4.28. The summed E-state index contributed by atoms with van der Waals surface area (Å²) in [6.07, 6.45) is 10.7. The van der Waals surface area contributed by atoms with Crippen molar-refractivity contribution in [2.24, 2.45) is 0 Å². The van der Waals surface area contributed by atoms with Crippen LogP contribution in [0.3, 0.4) is 0 Å². The van der Waals surface area contributed by atoms with E-state index in [1.807, 2.05) is 6.92 Å². The van der Waals surface area contributed by atoms with Crippen molar-refractivity contribution < 1.29 is 9.53 Å². The lowest BCUT2D eigenvalue weighted by Gasteiger charge is -2.25. The maximum Gasteiger partial charge on any atom is 0.209 e. The van der Waals surface area contributed by atoms with Gasteiger partial charge in [-0.2, -0.15) is 0 Å². The molecule has 1 aliphatic rings. The fourth-order valence-electron chi connectivity index (χ4n) is 2.12. The third kappa shape index (κ3) is 5.17. The van der Waals surface area contributed by atoms with Crippen molar-refractivity contribution in [1.82, 2.24) is 5.32 Å². The number of carbonyl (C=O) groups is 1. The highest BCUT2D eigenvalue weighted by molar-refractivity contribution is 5.46. The molecule has 0 aliphatic heterocycles. The highest BCUT2D eigenvalue weighted by atomic mass is 16.5. The predicted octanol–water partition coefficient (Wildman–Crippen LogP) is 2.60. The Labute approximate surface area is 92.6 Å². The van der Waals surface area contributed by atoms with E-state index in [9.17, 15) is 4.79 Å². The van der Waals surface area contributed by atoms with Crippen LogP contribution in [0.5, 0.6) is 0 Å². The Morgan fingerprint density at radius 3 is 2.40 bits per heavy atom. The molecule has 1 atom stereocenters. The Kier molecular flexibility index (Phi) is 6.41. The van der Waals surface area contributed by atoms with E-state index < -0.39 is 0 Å². The van der Waals surface area contributed by atoms with Gasteiger partial charge in [0.1, 0.15) is 6.23 Å². The van der Waals surface area contributed by atoms with Crippen LogP contribution in [0.1, 0.15) is 58.3 Å². The van der Waals surface area contributed by atoms with E-state index in [2.05, 4.69) is 5.32 Å². The number of rotatable bonds is 5. The van der Waals surface area contributed by atoms with Crippen LogP contribution in [0.25, 0.3) is 0 Å². The van der Waals surface area contributed by atoms with Crippen LogP contribution in [0.4, 0.5) is 0 Å². The monoisotopic (exact) mass is 213 g/mol. The molecule has 1 amide bonds. The zero-order valence-corrected chi connectivity index (χ0v) is 9.71. The van der Waals surface area contributed by atoms with E-state index >= 15 is 0 Å². The zero-order valence-electron chi connectivity index (χ0n) is 9.71. The molecular weight excluding hydrogens is 190 g/mol. The Morgan fingerprint density at radius 1 is 1.27 bits per heavy atom. The Balaban J connectivity index is 2.28. The van der Waals surface area contributed by atoms with Gasteiger partial charge >= 0.3 is 0 Å². The highest BCUT2D eigenvalue weighted by Gasteiger charge is 2.15. The Morgan fingerprint density at radius 2 is 1.87 bits per heavy atom. The zero-order chi connectivity index (χ0) is 10.9. The molecule has 0 heterocycles. The fraction of sp³-hybridized carbons (Fsp3) is 0.917. The molecule has 0 aromatic rings. The summed E-state index contributed by atoms with van der Waals surface area (Å²) in [5, 5.41) is 2.71. The molecule has 3 heteroatoms. The molecule has 1 unspecified atom stereocenters.